The van der Waals surface area contributed by atoms with Crippen molar-refractivity contribution in [2.75, 3.05) is 11.9 Å². The maximum Gasteiger partial charge on any atom is 0.335 e. The number of rotatable bonds is 2. The number of hydrogen-bond acceptors (Lipinski definition) is 4. The molecule has 4 nitrogen and oxygen atoms in total. The summed E-state index contributed by atoms with van der Waals surface area (Å²) in [5.41, 5.74) is 1.79. The Labute approximate surface area is 88.0 Å². The van der Waals surface area contributed by atoms with Crippen LogP contribution < -0.4 is 5.32 Å². The second-order valence-corrected chi connectivity index (χ2v) is 3.42. The highest BCUT2D eigenvalue weighted by Crippen LogP contribution is 2.13. The average molecular weight is 204 g/mol. The Balaban J connectivity index is 2.06. The summed E-state index contributed by atoms with van der Waals surface area (Å²) in [7, 11) is 0. The standard InChI is InChI=1S/C11H12N2O2/c1-8-2-4-12-10(6-8)13-7-9-3-5-15-11(9)14/h2,4,6-7H,3,5H2,1H3,(H,12,13)/b9-7-. The highest BCUT2D eigenvalue weighted by molar-refractivity contribution is 5.90. The molecule has 0 atom stereocenters. The third-order valence-electron chi connectivity index (χ3n) is 2.18. The van der Waals surface area contributed by atoms with E-state index in [1.165, 1.54) is 0 Å². The van der Waals surface area contributed by atoms with E-state index in [0.717, 1.165) is 11.4 Å². The molecule has 4 heteroatoms. The fourth-order valence-corrected chi connectivity index (χ4v) is 1.36. The zero-order valence-electron chi connectivity index (χ0n) is 8.49. The molecule has 1 aliphatic heterocycles. The van der Waals surface area contributed by atoms with Gasteiger partial charge in [-0.2, -0.15) is 0 Å². The van der Waals surface area contributed by atoms with Crippen LogP contribution >= 0.6 is 0 Å². The smallest absolute Gasteiger partial charge is 0.335 e. The predicted octanol–water partition coefficient (Wildman–Crippen LogP) is 1.63. The van der Waals surface area contributed by atoms with Crippen molar-refractivity contribution < 1.29 is 9.53 Å². The number of aryl methyl sites for hydroxylation is 1. The molecule has 1 saturated heterocycles. The fraction of sp³-hybridized carbons (Fsp3) is 0.273. The first-order valence-corrected chi connectivity index (χ1v) is 4.81. The van der Waals surface area contributed by atoms with Gasteiger partial charge in [-0.25, -0.2) is 9.78 Å². The van der Waals surface area contributed by atoms with Crippen molar-refractivity contribution >= 4 is 11.8 Å². The van der Waals surface area contributed by atoms with E-state index in [0.29, 0.717) is 18.6 Å². The van der Waals surface area contributed by atoms with E-state index in [-0.39, 0.29) is 5.97 Å². The average Bonchev–Trinajstić information content (AvgIpc) is 2.61. The Bertz CT molecular complexity index is 413. The van der Waals surface area contributed by atoms with Crippen molar-refractivity contribution in [2.24, 2.45) is 0 Å². The minimum absolute atomic E-state index is 0.241. The lowest BCUT2D eigenvalue weighted by Gasteiger charge is -2.00. The van der Waals surface area contributed by atoms with Crippen LogP contribution in [-0.4, -0.2) is 17.6 Å². The molecule has 0 saturated carbocycles. The maximum absolute atomic E-state index is 11.1. The van der Waals surface area contributed by atoms with Gasteiger partial charge < -0.3 is 10.1 Å². The van der Waals surface area contributed by atoms with Gasteiger partial charge in [0.15, 0.2) is 0 Å². The number of nitrogens with zero attached hydrogens (tertiary/aromatic N) is 1. The number of anilines is 1. The second kappa shape index (κ2) is 4.13. The van der Waals surface area contributed by atoms with Crippen LogP contribution in [0.4, 0.5) is 5.82 Å². The van der Waals surface area contributed by atoms with Gasteiger partial charge in [0.05, 0.1) is 12.2 Å². The van der Waals surface area contributed by atoms with Crippen molar-refractivity contribution in [1.82, 2.24) is 4.98 Å². The SMILES string of the molecule is Cc1ccnc(N/C=C2/CCOC2=O)c1. The van der Waals surface area contributed by atoms with Gasteiger partial charge in [0.1, 0.15) is 5.82 Å². The van der Waals surface area contributed by atoms with Crippen LogP contribution in [0.2, 0.25) is 0 Å². The van der Waals surface area contributed by atoms with E-state index in [4.69, 9.17) is 4.74 Å². The number of cyclic esters (lactones) is 1. The van der Waals surface area contributed by atoms with Gasteiger partial charge in [-0.1, -0.05) is 0 Å². The third kappa shape index (κ3) is 2.34. The molecule has 1 aromatic rings. The lowest BCUT2D eigenvalue weighted by molar-refractivity contribution is -0.135. The van der Waals surface area contributed by atoms with E-state index in [1.54, 1.807) is 12.4 Å². The van der Waals surface area contributed by atoms with Crippen LogP contribution in [0.5, 0.6) is 0 Å². The summed E-state index contributed by atoms with van der Waals surface area (Å²) in [6.07, 6.45) is 4.05. The lowest BCUT2D eigenvalue weighted by atomic mass is 10.2. The van der Waals surface area contributed by atoms with Gasteiger partial charge in [0, 0.05) is 18.8 Å². The minimum atomic E-state index is -0.241. The summed E-state index contributed by atoms with van der Waals surface area (Å²) in [4.78, 5) is 15.2. The highest BCUT2D eigenvalue weighted by atomic mass is 16.5. The van der Waals surface area contributed by atoms with E-state index < -0.39 is 0 Å². The number of hydrogen-bond donors (Lipinski definition) is 1. The molecular weight excluding hydrogens is 192 g/mol. The molecule has 1 fully saturated rings. The summed E-state index contributed by atoms with van der Waals surface area (Å²) in [5, 5.41) is 2.98. The van der Waals surface area contributed by atoms with Crippen LogP contribution in [0.3, 0.4) is 0 Å². The van der Waals surface area contributed by atoms with Gasteiger partial charge in [-0.05, 0) is 24.6 Å². The van der Waals surface area contributed by atoms with Crippen molar-refractivity contribution in [1.29, 1.82) is 0 Å². The van der Waals surface area contributed by atoms with Gasteiger partial charge >= 0.3 is 5.97 Å². The summed E-state index contributed by atoms with van der Waals surface area (Å²) in [6.45, 7) is 2.47. The van der Waals surface area contributed by atoms with Crippen molar-refractivity contribution in [2.45, 2.75) is 13.3 Å². The van der Waals surface area contributed by atoms with Crippen LogP contribution in [0.25, 0.3) is 0 Å². The molecule has 1 aliphatic rings. The molecule has 0 unspecified atom stereocenters. The number of carbonyl (C=O) groups excluding carboxylic acids is 1. The van der Waals surface area contributed by atoms with Gasteiger partial charge in [-0.15, -0.1) is 0 Å². The molecule has 0 radical (unpaired) electrons. The summed E-state index contributed by atoms with van der Waals surface area (Å²) in [5.74, 6) is 0.498. The van der Waals surface area contributed by atoms with E-state index in [1.807, 2.05) is 19.1 Å². The topological polar surface area (TPSA) is 51.2 Å². The summed E-state index contributed by atoms with van der Waals surface area (Å²) < 4.78 is 4.81. The normalized spacial score (nSPS) is 17.9. The molecule has 2 rings (SSSR count). The van der Waals surface area contributed by atoms with Gasteiger partial charge in [-0.3, -0.25) is 0 Å². The zero-order chi connectivity index (χ0) is 10.7. The molecule has 15 heavy (non-hydrogen) atoms. The second-order valence-electron chi connectivity index (χ2n) is 3.42. The summed E-state index contributed by atoms with van der Waals surface area (Å²) in [6, 6.07) is 3.83. The minimum Gasteiger partial charge on any atom is -0.462 e. The van der Waals surface area contributed by atoms with E-state index in [2.05, 4.69) is 10.3 Å². The predicted molar refractivity (Wildman–Crippen MR) is 56.3 cm³/mol. The molecule has 0 aliphatic carbocycles. The Morgan fingerprint density at radius 2 is 2.47 bits per heavy atom. The number of pyridine rings is 1. The summed E-state index contributed by atoms with van der Waals surface area (Å²) >= 11 is 0. The molecule has 0 aromatic carbocycles. The molecule has 0 spiro atoms. The number of aromatic nitrogens is 1. The van der Waals surface area contributed by atoms with E-state index in [9.17, 15) is 4.79 Å². The lowest BCUT2D eigenvalue weighted by Crippen LogP contribution is -1.99. The number of nitrogens with one attached hydrogen (secondary N) is 1. The monoisotopic (exact) mass is 204 g/mol. The Morgan fingerprint density at radius 3 is 3.13 bits per heavy atom. The van der Waals surface area contributed by atoms with Crippen LogP contribution in [0.1, 0.15) is 12.0 Å². The van der Waals surface area contributed by atoms with Crippen LogP contribution in [0.15, 0.2) is 30.1 Å². The molecule has 2 heterocycles. The van der Waals surface area contributed by atoms with E-state index >= 15 is 0 Å². The highest BCUT2D eigenvalue weighted by Gasteiger charge is 2.17. The number of esters is 1. The maximum atomic E-state index is 11.1. The van der Waals surface area contributed by atoms with Crippen molar-refractivity contribution in [3.8, 4) is 0 Å². The van der Waals surface area contributed by atoms with Gasteiger partial charge in [0.25, 0.3) is 0 Å². The Kier molecular flexibility index (Phi) is 2.67. The first-order chi connectivity index (χ1) is 7.25. The fourth-order valence-electron chi connectivity index (χ4n) is 1.36. The zero-order valence-corrected chi connectivity index (χ0v) is 8.49. The molecule has 0 bridgehead atoms. The Morgan fingerprint density at radius 1 is 1.60 bits per heavy atom. The van der Waals surface area contributed by atoms with Crippen molar-refractivity contribution in [3.63, 3.8) is 0 Å². The number of carbonyl (C=O) groups is 1. The Hall–Kier alpha value is -1.84. The third-order valence-corrected chi connectivity index (χ3v) is 2.18. The molecule has 0 amide bonds. The number of ether oxygens (including phenoxy) is 1. The van der Waals surface area contributed by atoms with Crippen LogP contribution in [0, 0.1) is 6.92 Å². The first kappa shape index (κ1) is 9.71. The van der Waals surface area contributed by atoms with Gasteiger partial charge in [0.2, 0.25) is 0 Å². The molecule has 1 N–H and O–H groups in total. The molecule has 1 aromatic heterocycles. The first-order valence-electron chi connectivity index (χ1n) is 4.81. The van der Waals surface area contributed by atoms with Crippen LogP contribution in [-0.2, 0) is 9.53 Å². The molecule has 78 valence electrons. The largest absolute Gasteiger partial charge is 0.462 e. The van der Waals surface area contributed by atoms with Crippen molar-refractivity contribution in [3.05, 3.63) is 35.7 Å². The quantitative estimate of drug-likeness (QED) is 0.587. The molecular formula is C11H12N2O2.